The lowest BCUT2D eigenvalue weighted by atomic mass is 9.86. The highest BCUT2D eigenvalue weighted by atomic mass is 35.5. The number of alkyl halides is 1. The van der Waals surface area contributed by atoms with Gasteiger partial charge in [-0.05, 0) is 36.5 Å². The van der Waals surface area contributed by atoms with E-state index < -0.39 is 0 Å². The quantitative estimate of drug-likeness (QED) is 0.718. The van der Waals surface area contributed by atoms with Crippen molar-refractivity contribution >= 4 is 17.3 Å². The van der Waals surface area contributed by atoms with E-state index in [4.69, 9.17) is 11.6 Å². The van der Waals surface area contributed by atoms with Crippen LogP contribution in [-0.4, -0.2) is 13.1 Å². The van der Waals surface area contributed by atoms with Gasteiger partial charge >= 0.3 is 0 Å². The molecule has 0 aromatic heterocycles. The topological polar surface area (TPSA) is 3.24 Å². The van der Waals surface area contributed by atoms with E-state index in [9.17, 15) is 0 Å². The maximum Gasteiger partial charge on any atom is 0.0474 e. The molecule has 0 saturated heterocycles. The normalized spacial score (nSPS) is 24.6. The van der Waals surface area contributed by atoms with E-state index in [2.05, 4.69) is 43.1 Å². The molecule has 2 rings (SSSR count). The second kappa shape index (κ2) is 5.77. The van der Waals surface area contributed by atoms with E-state index in [1.54, 1.807) is 0 Å². The average Bonchev–Trinajstić information content (AvgIpc) is 2.38. The van der Waals surface area contributed by atoms with Crippen molar-refractivity contribution in [2.24, 2.45) is 5.92 Å². The summed E-state index contributed by atoms with van der Waals surface area (Å²) >= 11 is 5.81. The molecule has 17 heavy (non-hydrogen) atoms. The van der Waals surface area contributed by atoms with E-state index in [1.165, 1.54) is 36.9 Å². The first-order valence-electron chi connectivity index (χ1n) is 6.58. The molecule has 0 N–H and O–H groups in total. The maximum atomic E-state index is 5.81. The van der Waals surface area contributed by atoms with E-state index in [0.717, 1.165) is 5.92 Å². The Hall–Kier alpha value is -0.690. The minimum atomic E-state index is 0.602. The highest BCUT2D eigenvalue weighted by Gasteiger charge is 2.22. The van der Waals surface area contributed by atoms with Crippen molar-refractivity contribution in [1.29, 1.82) is 0 Å². The van der Waals surface area contributed by atoms with Crippen LogP contribution in [0.15, 0.2) is 24.3 Å². The maximum absolute atomic E-state index is 5.81. The van der Waals surface area contributed by atoms with Crippen LogP contribution in [0, 0.1) is 5.92 Å². The molecule has 1 aliphatic carbocycles. The Morgan fingerprint density at radius 2 is 1.94 bits per heavy atom. The lowest BCUT2D eigenvalue weighted by Gasteiger charge is -2.35. The van der Waals surface area contributed by atoms with Crippen LogP contribution < -0.4 is 4.90 Å². The average molecular weight is 252 g/mol. The molecule has 2 unspecified atom stereocenters. The standard InChI is InChI=1S/C15H22ClN/c1-12-4-3-5-15(10-12)17(2)14-8-6-13(11-16)7-9-14/h6-9,12,15H,3-5,10-11H2,1-2H3. The van der Waals surface area contributed by atoms with E-state index >= 15 is 0 Å². The summed E-state index contributed by atoms with van der Waals surface area (Å²) in [6, 6.07) is 9.35. The Labute approximate surface area is 110 Å². The zero-order chi connectivity index (χ0) is 12.3. The van der Waals surface area contributed by atoms with Gasteiger partial charge in [0.25, 0.3) is 0 Å². The van der Waals surface area contributed by atoms with Crippen LogP contribution in [0.4, 0.5) is 5.69 Å². The third kappa shape index (κ3) is 3.16. The molecular formula is C15H22ClN. The summed E-state index contributed by atoms with van der Waals surface area (Å²) in [5.74, 6) is 1.48. The third-order valence-corrected chi connectivity index (χ3v) is 4.26. The van der Waals surface area contributed by atoms with Crippen molar-refractivity contribution in [3.05, 3.63) is 29.8 Å². The second-order valence-corrected chi connectivity index (χ2v) is 5.60. The first-order valence-corrected chi connectivity index (χ1v) is 7.12. The SMILES string of the molecule is CC1CCCC(N(C)c2ccc(CCl)cc2)C1. The van der Waals surface area contributed by atoms with Gasteiger partial charge in [-0.3, -0.25) is 0 Å². The van der Waals surface area contributed by atoms with Crippen LogP contribution in [0.5, 0.6) is 0 Å². The van der Waals surface area contributed by atoms with Crippen molar-refractivity contribution in [3.63, 3.8) is 0 Å². The fraction of sp³-hybridized carbons (Fsp3) is 0.600. The van der Waals surface area contributed by atoms with Gasteiger partial charge in [0.1, 0.15) is 0 Å². The lowest BCUT2D eigenvalue weighted by molar-refractivity contribution is 0.336. The number of rotatable bonds is 3. The van der Waals surface area contributed by atoms with Gasteiger partial charge in [0.2, 0.25) is 0 Å². The van der Waals surface area contributed by atoms with Crippen molar-refractivity contribution in [2.45, 2.75) is 44.5 Å². The minimum Gasteiger partial charge on any atom is -0.372 e. The lowest BCUT2D eigenvalue weighted by Crippen LogP contribution is -2.35. The van der Waals surface area contributed by atoms with Gasteiger partial charge in [0.05, 0.1) is 0 Å². The van der Waals surface area contributed by atoms with Crippen molar-refractivity contribution in [2.75, 3.05) is 11.9 Å². The van der Waals surface area contributed by atoms with Crippen LogP contribution in [-0.2, 0) is 5.88 Å². The third-order valence-electron chi connectivity index (χ3n) is 3.95. The number of anilines is 1. The molecule has 1 nitrogen and oxygen atoms in total. The van der Waals surface area contributed by atoms with E-state index in [-0.39, 0.29) is 0 Å². The predicted molar refractivity (Wildman–Crippen MR) is 75.8 cm³/mol. The molecule has 2 heteroatoms. The summed E-state index contributed by atoms with van der Waals surface area (Å²) in [4.78, 5) is 2.44. The predicted octanol–water partition coefficient (Wildman–Crippen LogP) is 4.44. The molecule has 1 saturated carbocycles. The summed E-state index contributed by atoms with van der Waals surface area (Å²) in [5, 5.41) is 0. The Morgan fingerprint density at radius 3 is 2.53 bits per heavy atom. The molecule has 0 aliphatic heterocycles. The summed E-state index contributed by atoms with van der Waals surface area (Å²) in [7, 11) is 2.22. The smallest absolute Gasteiger partial charge is 0.0474 e. The molecule has 0 amide bonds. The molecule has 0 spiro atoms. The van der Waals surface area contributed by atoms with Gasteiger partial charge in [-0.15, -0.1) is 11.6 Å². The summed E-state index contributed by atoms with van der Waals surface area (Å²) in [6.07, 6.45) is 5.43. The van der Waals surface area contributed by atoms with Crippen molar-refractivity contribution < 1.29 is 0 Å². The van der Waals surface area contributed by atoms with Gasteiger partial charge < -0.3 is 4.90 Å². The first kappa shape index (κ1) is 12.8. The van der Waals surface area contributed by atoms with Gasteiger partial charge in [-0.1, -0.05) is 31.9 Å². The number of halogens is 1. The Balaban J connectivity index is 2.04. The van der Waals surface area contributed by atoms with Gasteiger partial charge in [-0.25, -0.2) is 0 Å². The Kier molecular flexibility index (Phi) is 4.33. The first-order chi connectivity index (χ1) is 8.20. The number of hydrogen-bond acceptors (Lipinski definition) is 1. The van der Waals surface area contributed by atoms with Crippen LogP contribution in [0.3, 0.4) is 0 Å². The summed E-state index contributed by atoms with van der Waals surface area (Å²) < 4.78 is 0. The van der Waals surface area contributed by atoms with Crippen LogP contribution in [0.2, 0.25) is 0 Å². The Bertz CT molecular complexity index is 346. The summed E-state index contributed by atoms with van der Waals surface area (Å²) in [6.45, 7) is 2.37. The highest BCUT2D eigenvalue weighted by Crippen LogP contribution is 2.29. The zero-order valence-electron chi connectivity index (χ0n) is 10.8. The number of benzene rings is 1. The van der Waals surface area contributed by atoms with Crippen LogP contribution >= 0.6 is 11.6 Å². The molecule has 2 atom stereocenters. The Morgan fingerprint density at radius 1 is 1.24 bits per heavy atom. The molecule has 1 aliphatic rings. The number of nitrogens with zero attached hydrogens (tertiary/aromatic N) is 1. The fourth-order valence-electron chi connectivity index (χ4n) is 2.78. The zero-order valence-corrected chi connectivity index (χ0v) is 11.6. The fourth-order valence-corrected chi connectivity index (χ4v) is 2.96. The van der Waals surface area contributed by atoms with Crippen molar-refractivity contribution in [1.82, 2.24) is 0 Å². The molecule has 0 heterocycles. The van der Waals surface area contributed by atoms with Gasteiger partial charge in [0, 0.05) is 24.7 Å². The molecular weight excluding hydrogens is 230 g/mol. The second-order valence-electron chi connectivity index (χ2n) is 5.34. The van der Waals surface area contributed by atoms with E-state index in [0.29, 0.717) is 11.9 Å². The van der Waals surface area contributed by atoms with Gasteiger partial charge in [0.15, 0.2) is 0 Å². The van der Waals surface area contributed by atoms with Gasteiger partial charge in [-0.2, -0.15) is 0 Å². The van der Waals surface area contributed by atoms with Crippen LogP contribution in [0.25, 0.3) is 0 Å². The molecule has 1 fully saturated rings. The minimum absolute atomic E-state index is 0.602. The largest absolute Gasteiger partial charge is 0.372 e. The number of hydrogen-bond donors (Lipinski definition) is 0. The molecule has 1 aromatic carbocycles. The highest BCUT2D eigenvalue weighted by molar-refractivity contribution is 6.17. The molecule has 0 radical (unpaired) electrons. The monoisotopic (exact) mass is 251 g/mol. The molecule has 0 bridgehead atoms. The van der Waals surface area contributed by atoms with E-state index in [1.807, 2.05) is 0 Å². The van der Waals surface area contributed by atoms with Crippen LogP contribution in [0.1, 0.15) is 38.2 Å². The molecule has 94 valence electrons. The summed E-state index contributed by atoms with van der Waals surface area (Å²) in [5.41, 5.74) is 2.51. The van der Waals surface area contributed by atoms with Crippen molar-refractivity contribution in [3.8, 4) is 0 Å². The molecule has 1 aromatic rings.